The van der Waals surface area contributed by atoms with Crippen LogP contribution in [0.1, 0.15) is 54.2 Å². The Balaban J connectivity index is 1.41. The van der Waals surface area contributed by atoms with E-state index in [-0.39, 0.29) is 18.3 Å². The van der Waals surface area contributed by atoms with Crippen molar-refractivity contribution >= 4 is 39.9 Å². The van der Waals surface area contributed by atoms with Gasteiger partial charge in [-0.25, -0.2) is 9.79 Å². The number of fused-ring (bicyclic) bond motifs is 1. The van der Waals surface area contributed by atoms with Crippen molar-refractivity contribution in [2.75, 3.05) is 38.2 Å². The molecular formula is C33H36N4O4. The SMILES string of the molecule is CCOC(=O)c1ccc2c(O)c(C(=Nc3ccc(N(C)C(=O)CCN4CCCCC4)cc3)c3ccccc3)[nH]c2c1. The zero-order valence-electron chi connectivity index (χ0n) is 23.6. The van der Waals surface area contributed by atoms with Crippen molar-refractivity contribution in [3.63, 3.8) is 0 Å². The van der Waals surface area contributed by atoms with Crippen LogP contribution in [0.25, 0.3) is 10.9 Å². The van der Waals surface area contributed by atoms with Crippen LogP contribution in [0.4, 0.5) is 11.4 Å². The lowest BCUT2D eigenvalue weighted by Gasteiger charge is -2.27. The van der Waals surface area contributed by atoms with E-state index in [9.17, 15) is 14.7 Å². The van der Waals surface area contributed by atoms with Crippen LogP contribution in [0.3, 0.4) is 0 Å². The number of aromatic hydroxyl groups is 1. The minimum atomic E-state index is -0.419. The molecule has 1 fully saturated rings. The van der Waals surface area contributed by atoms with Crippen LogP contribution in [-0.2, 0) is 9.53 Å². The zero-order valence-corrected chi connectivity index (χ0v) is 23.6. The maximum Gasteiger partial charge on any atom is 0.338 e. The number of aliphatic imine (C=N–C) groups is 1. The molecule has 8 heteroatoms. The van der Waals surface area contributed by atoms with Crippen molar-refractivity contribution in [2.45, 2.75) is 32.6 Å². The molecule has 0 unspecified atom stereocenters. The summed E-state index contributed by atoms with van der Waals surface area (Å²) in [6.45, 7) is 4.99. The van der Waals surface area contributed by atoms with Crippen molar-refractivity contribution in [1.29, 1.82) is 0 Å². The number of nitrogens with zero attached hydrogens (tertiary/aromatic N) is 3. The number of nitrogens with one attached hydrogen (secondary N) is 1. The van der Waals surface area contributed by atoms with Gasteiger partial charge >= 0.3 is 5.97 Å². The van der Waals surface area contributed by atoms with Crippen molar-refractivity contribution in [1.82, 2.24) is 9.88 Å². The third-order valence-corrected chi connectivity index (χ3v) is 7.51. The number of benzene rings is 3. The van der Waals surface area contributed by atoms with Crippen LogP contribution < -0.4 is 4.90 Å². The zero-order chi connectivity index (χ0) is 28.8. The standard InChI is InChI=1S/C33H36N4O4/c1-3-41-33(40)24-12-17-27-28(22-24)35-31(32(27)39)30(23-10-6-4-7-11-23)34-25-13-15-26(16-14-25)36(2)29(38)18-21-37-19-8-5-9-20-37/h4,6-7,10-17,22,35,39H,3,5,8-9,18-21H2,1-2H3. The Kier molecular flexibility index (Phi) is 8.79. The predicted octanol–water partition coefficient (Wildman–Crippen LogP) is 6.06. The molecule has 0 bridgehead atoms. The molecule has 212 valence electrons. The molecule has 4 aromatic rings. The van der Waals surface area contributed by atoms with Gasteiger partial charge in [0.05, 0.1) is 29.1 Å². The molecule has 0 aliphatic carbocycles. The maximum absolute atomic E-state index is 12.9. The fourth-order valence-corrected chi connectivity index (χ4v) is 5.18. The van der Waals surface area contributed by atoms with Crippen molar-refractivity contribution in [3.8, 4) is 5.75 Å². The predicted molar refractivity (Wildman–Crippen MR) is 162 cm³/mol. The fraction of sp³-hybridized carbons (Fsp3) is 0.303. The van der Waals surface area contributed by atoms with Gasteiger partial charge in [-0.15, -0.1) is 0 Å². The minimum absolute atomic E-state index is 0.0497. The summed E-state index contributed by atoms with van der Waals surface area (Å²) in [7, 11) is 1.80. The average molecular weight is 553 g/mol. The lowest BCUT2D eigenvalue weighted by molar-refractivity contribution is -0.118. The lowest BCUT2D eigenvalue weighted by Crippen LogP contribution is -2.35. The summed E-state index contributed by atoms with van der Waals surface area (Å²) in [4.78, 5) is 37.3. The van der Waals surface area contributed by atoms with Gasteiger partial charge in [-0.1, -0.05) is 36.8 Å². The largest absolute Gasteiger partial charge is 0.505 e. The molecule has 1 aromatic heterocycles. The van der Waals surface area contributed by atoms with Crippen LogP contribution in [-0.4, -0.2) is 65.9 Å². The second-order valence-corrected chi connectivity index (χ2v) is 10.3. The highest BCUT2D eigenvalue weighted by molar-refractivity contribution is 6.17. The van der Waals surface area contributed by atoms with Gasteiger partial charge in [-0.3, -0.25) is 4.79 Å². The number of hydrogen-bond donors (Lipinski definition) is 2. The molecule has 41 heavy (non-hydrogen) atoms. The highest BCUT2D eigenvalue weighted by Gasteiger charge is 2.20. The van der Waals surface area contributed by atoms with E-state index in [4.69, 9.17) is 9.73 Å². The number of carbonyl (C=O) groups excluding carboxylic acids is 2. The number of anilines is 1. The molecule has 3 aromatic carbocycles. The van der Waals surface area contributed by atoms with Gasteiger partial charge in [0.15, 0.2) is 5.75 Å². The van der Waals surface area contributed by atoms with Crippen LogP contribution in [0.15, 0.2) is 77.8 Å². The van der Waals surface area contributed by atoms with Gasteiger partial charge in [0.1, 0.15) is 5.69 Å². The average Bonchev–Trinajstić information content (AvgIpc) is 3.34. The molecule has 2 heterocycles. The molecule has 0 atom stereocenters. The van der Waals surface area contributed by atoms with Crippen LogP contribution in [0.5, 0.6) is 5.75 Å². The first-order valence-corrected chi connectivity index (χ1v) is 14.2. The molecule has 8 nitrogen and oxygen atoms in total. The number of aromatic amines is 1. The van der Waals surface area contributed by atoms with E-state index in [0.29, 0.717) is 40.0 Å². The van der Waals surface area contributed by atoms with E-state index >= 15 is 0 Å². The minimum Gasteiger partial charge on any atom is -0.505 e. The number of rotatable bonds is 9. The summed E-state index contributed by atoms with van der Waals surface area (Å²) in [5.41, 5.74) is 4.29. The Morgan fingerprint density at radius 2 is 1.71 bits per heavy atom. The van der Waals surface area contributed by atoms with E-state index in [1.807, 2.05) is 54.6 Å². The lowest BCUT2D eigenvalue weighted by atomic mass is 10.1. The molecule has 1 saturated heterocycles. The van der Waals surface area contributed by atoms with Gasteiger partial charge in [0.2, 0.25) is 5.91 Å². The Morgan fingerprint density at radius 1 is 0.976 bits per heavy atom. The summed E-state index contributed by atoms with van der Waals surface area (Å²) in [6, 6.07) is 22.1. The van der Waals surface area contributed by atoms with Gasteiger partial charge in [-0.2, -0.15) is 0 Å². The summed E-state index contributed by atoms with van der Waals surface area (Å²) < 4.78 is 5.13. The molecule has 1 aliphatic heterocycles. The highest BCUT2D eigenvalue weighted by Crippen LogP contribution is 2.33. The number of carbonyl (C=O) groups is 2. The summed E-state index contributed by atoms with van der Waals surface area (Å²) >= 11 is 0. The first-order chi connectivity index (χ1) is 19.9. The van der Waals surface area contributed by atoms with Crippen molar-refractivity contribution < 1.29 is 19.4 Å². The van der Waals surface area contributed by atoms with E-state index in [0.717, 1.165) is 30.9 Å². The summed E-state index contributed by atoms with van der Waals surface area (Å²) in [5.74, 6) is -0.285. The normalized spacial score (nSPS) is 14.2. The number of esters is 1. The number of ether oxygens (including phenoxy) is 1. The quantitative estimate of drug-likeness (QED) is 0.194. The second-order valence-electron chi connectivity index (χ2n) is 10.3. The Bertz CT molecular complexity index is 1540. The number of H-pyrrole nitrogens is 1. The van der Waals surface area contributed by atoms with Gasteiger partial charge in [0.25, 0.3) is 0 Å². The maximum atomic E-state index is 12.9. The number of aromatic nitrogens is 1. The third kappa shape index (κ3) is 6.49. The number of piperidine rings is 1. The second kappa shape index (κ2) is 12.8. The molecular weight excluding hydrogens is 516 g/mol. The highest BCUT2D eigenvalue weighted by atomic mass is 16.5. The number of hydrogen-bond acceptors (Lipinski definition) is 6. The van der Waals surface area contributed by atoms with Gasteiger partial charge in [-0.05, 0) is 75.3 Å². The van der Waals surface area contributed by atoms with Crippen molar-refractivity contribution in [2.24, 2.45) is 4.99 Å². The van der Waals surface area contributed by atoms with E-state index in [1.54, 1.807) is 37.1 Å². The number of amides is 1. The van der Waals surface area contributed by atoms with E-state index < -0.39 is 5.97 Å². The molecule has 0 saturated carbocycles. The van der Waals surface area contributed by atoms with Gasteiger partial charge < -0.3 is 24.6 Å². The van der Waals surface area contributed by atoms with E-state index in [2.05, 4.69) is 9.88 Å². The van der Waals surface area contributed by atoms with Crippen LogP contribution in [0.2, 0.25) is 0 Å². The molecule has 2 N–H and O–H groups in total. The van der Waals surface area contributed by atoms with E-state index in [1.165, 1.54) is 19.3 Å². The third-order valence-electron chi connectivity index (χ3n) is 7.51. The van der Waals surface area contributed by atoms with Gasteiger partial charge in [0, 0.05) is 36.7 Å². The monoisotopic (exact) mass is 552 g/mol. The van der Waals surface area contributed by atoms with Crippen LogP contribution in [0, 0.1) is 0 Å². The first-order valence-electron chi connectivity index (χ1n) is 14.2. The first kappa shape index (κ1) is 28.1. The molecule has 1 amide bonds. The molecule has 0 spiro atoms. The fourth-order valence-electron chi connectivity index (χ4n) is 5.18. The Morgan fingerprint density at radius 3 is 2.41 bits per heavy atom. The number of likely N-dealkylation sites (tertiary alicyclic amines) is 1. The van der Waals surface area contributed by atoms with Crippen LogP contribution >= 0.6 is 0 Å². The Hall–Kier alpha value is -4.43. The topological polar surface area (TPSA) is 98.2 Å². The smallest absolute Gasteiger partial charge is 0.338 e. The molecule has 1 aliphatic rings. The van der Waals surface area contributed by atoms with Crippen molar-refractivity contribution in [3.05, 3.63) is 89.6 Å². The Labute approximate surface area is 240 Å². The molecule has 0 radical (unpaired) electrons. The summed E-state index contributed by atoms with van der Waals surface area (Å²) in [5, 5.41) is 11.8. The molecule has 5 rings (SSSR count). The summed E-state index contributed by atoms with van der Waals surface area (Å²) in [6.07, 6.45) is 4.19.